The van der Waals surface area contributed by atoms with Crippen molar-refractivity contribution >= 4 is 69.1 Å². The second-order valence-electron chi connectivity index (χ2n) is 8.53. The lowest BCUT2D eigenvalue weighted by Crippen LogP contribution is -2.53. The lowest BCUT2D eigenvalue weighted by atomic mass is 9.62. The highest BCUT2D eigenvalue weighted by Gasteiger charge is 2.53. The quantitative estimate of drug-likeness (QED) is 0.361. The van der Waals surface area contributed by atoms with Crippen molar-refractivity contribution in [2.24, 2.45) is 5.41 Å². The van der Waals surface area contributed by atoms with Crippen molar-refractivity contribution in [3.63, 3.8) is 0 Å². The van der Waals surface area contributed by atoms with Gasteiger partial charge >= 0.3 is 5.97 Å². The average Bonchev–Trinajstić information content (AvgIpc) is 2.82. The van der Waals surface area contributed by atoms with Crippen LogP contribution in [0.15, 0.2) is 45.9 Å². The molecular formula is C24H22Cl2IN3O4. The Morgan fingerprint density at radius 3 is 2.29 bits per heavy atom. The molecular weight excluding hydrogens is 592 g/mol. The van der Waals surface area contributed by atoms with Gasteiger partial charge in [0, 0.05) is 30.2 Å². The summed E-state index contributed by atoms with van der Waals surface area (Å²) in [4.78, 5) is 41.0. The monoisotopic (exact) mass is 613 g/mol. The summed E-state index contributed by atoms with van der Waals surface area (Å²) in [6, 6.07) is 6.01. The Balaban J connectivity index is 1.45. The molecule has 1 amide bonds. The summed E-state index contributed by atoms with van der Waals surface area (Å²) in [6.45, 7) is 0. The first-order valence-corrected chi connectivity index (χ1v) is 12.7. The van der Waals surface area contributed by atoms with E-state index in [9.17, 15) is 19.5 Å². The van der Waals surface area contributed by atoms with Crippen molar-refractivity contribution in [1.29, 1.82) is 0 Å². The van der Waals surface area contributed by atoms with Gasteiger partial charge in [0.1, 0.15) is 6.04 Å². The second kappa shape index (κ2) is 10.2. The molecule has 2 aromatic rings. The SMILES string of the molecule is O=C(Nc1ccc(C[C@H](NC2=C(I)C(=O)C23CCCCC3)C(=O)O)cc1)c1c(Cl)cncc1Cl. The summed E-state index contributed by atoms with van der Waals surface area (Å²) in [5.74, 6) is -1.32. The van der Waals surface area contributed by atoms with Crippen LogP contribution in [0.25, 0.3) is 0 Å². The molecule has 178 valence electrons. The van der Waals surface area contributed by atoms with E-state index < -0.39 is 23.3 Å². The number of carbonyl (C=O) groups is 3. The average molecular weight is 614 g/mol. The smallest absolute Gasteiger partial charge is 0.326 e. The molecule has 1 aromatic carbocycles. The van der Waals surface area contributed by atoms with Crippen LogP contribution in [0.5, 0.6) is 0 Å². The summed E-state index contributed by atoms with van der Waals surface area (Å²) in [7, 11) is 0. The van der Waals surface area contributed by atoms with Crippen LogP contribution < -0.4 is 10.6 Å². The number of ketones is 1. The Morgan fingerprint density at radius 1 is 1.09 bits per heavy atom. The predicted molar refractivity (Wildman–Crippen MR) is 138 cm³/mol. The Labute approximate surface area is 220 Å². The molecule has 0 saturated heterocycles. The summed E-state index contributed by atoms with van der Waals surface area (Å²) in [5, 5.41) is 16.0. The molecule has 2 aliphatic rings. The highest BCUT2D eigenvalue weighted by molar-refractivity contribution is 14.1. The van der Waals surface area contributed by atoms with Crippen molar-refractivity contribution in [2.75, 3.05) is 5.32 Å². The molecule has 0 unspecified atom stereocenters. The van der Waals surface area contributed by atoms with Crippen LogP contribution in [0, 0.1) is 5.41 Å². The topological polar surface area (TPSA) is 108 Å². The van der Waals surface area contributed by atoms with Crippen LogP contribution in [0.2, 0.25) is 10.0 Å². The number of allylic oxidation sites excluding steroid dienone is 2. The van der Waals surface area contributed by atoms with Gasteiger partial charge in [0.2, 0.25) is 0 Å². The lowest BCUT2D eigenvalue weighted by Gasteiger charge is -2.46. The molecule has 0 aliphatic heterocycles. The number of aliphatic carboxylic acids is 1. The van der Waals surface area contributed by atoms with Gasteiger partial charge in [-0.15, -0.1) is 0 Å². The standard InChI is InChI=1S/C24H22Cl2IN3O4/c25-15-11-28-12-16(26)18(15)22(32)29-14-6-4-13(5-7-14)10-17(23(33)34)30-20-19(27)21(31)24(20)8-2-1-3-9-24/h4-7,11-12,17,30H,1-3,8-10H2,(H,29,32)(H,33,34)/t17-/m0/s1. The number of hydrogen-bond acceptors (Lipinski definition) is 5. The van der Waals surface area contributed by atoms with E-state index in [0.717, 1.165) is 43.4 Å². The third-order valence-electron chi connectivity index (χ3n) is 6.39. The zero-order valence-corrected chi connectivity index (χ0v) is 21.7. The summed E-state index contributed by atoms with van der Waals surface area (Å²) in [5.41, 5.74) is 1.66. The third-order valence-corrected chi connectivity index (χ3v) is 7.99. The fourth-order valence-corrected chi connectivity index (χ4v) is 6.30. The normalized spacial score (nSPS) is 17.8. The molecule has 7 nitrogen and oxygen atoms in total. The predicted octanol–water partition coefficient (Wildman–Crippen LogP) is 5.41. The number of Topliss-reactive ketones (excluding diaryl/α,β-unsaturated/α-hetero) is 1. The van der Waals surface area contributed by atoms with E-state index in [4.69, 9.17) is 23.2 Å². The van der Waals surface area contributed by atoms with Crippen molar-refractivity contribution in [1.82, 2.24) is 10.3 Å². The van der Waals surface area contributed by atoms with Crippen molar-refractivity contribution in [2.45, 2.75) is 44.6 Å². The fourth-order valence-electron chi connectivity index (χ4n) is 4.57. The molecule has 34 heavy (non-hydrogen) atoms. The number of carboxylic acid groups (broad SMARTS) is 1. The van der Waals surface area contributed by atoms with Gasteiger partial charge in [-0.25, -0.2) is 4.79 Å². The van der Waals surface area contributed by atoms with Gasteiger partial charge in [-0.2, -0.15) is 0 Å². The molecule has 1 aromatic heterocycles. The maximum Gasteiger partial charge on any atom is 0.326 e. The Morgan fingerprint density at radius 2 is 1.71 bits per heavy atom. The first-order chi connectivity index (χ1) is 16.2. The number of amides is 1. The van der Waals surface area contributed by atoms with Crippen LogP contribution in [-0.4, -0.2) is 33.8 Å². The molecule has 4 rings (SSSR count). The number of carbonyl (C=O) groups excluding carboxylic acids is 2. The van der Waals surface area contributed by atoms with E-state index in [0.29, 0.717) is 9.27 Å². The molecule has 1 saturated carbocycles. The highest BCUT2D eigenvalue weighted by Crippen LogP contribution is 2.53. The maximum absolute atomic E-state index is 12.6. The minimum atomic E-state index is -0.985. The van der Waals surface area contributed by atoms with Gasteiger partial charge in [0.05, 0.1) is 24.6 Å². The third kappa shape index (κ3) is 4.81. The van der Waals surface area contributed by atoms with E-state index in [-0.39, 0.29) is 27.8 Å². The highest BCUT2D eigenvalue weighted by atomic mass is 127. The molecule has 0 radical (unpaired) electrons. The molecule has 10 heteroatoms. The summed E-state index contributed by atoms with van der Waals surface area (Å²) >= 11 is 14.1. The van der Waals surface area contributed by atoms with E-state index in [2.05, 4.69) is 15.6 Å². The van der Waals surface area contributed by atoms with E-state index in [1.807, 2.05) is 22.6 Å². The van der Waals surface area contributed by atoms with Gasteiger partial charge in [0.25, 0.3) is 5.91 Å². The number of nitrogens with one attached hydrogen (secondary N) is 2. The molecule has 1 atom stereocenters. The van der Waals surface area contributed by atoms with Gasteiger partial charge < -0.3 is 15.7 Å². The Hall–Kier alpha value is -2.17. The maximum atomic E-state index is 12.6. The lowest BCUT2D eigenvalue weighted by molar-refractivity contribution is -0.140. The zero-order valence-electron chi connectivity index (χ0n) is 18.0. The first kappa shape index (κ1) is 24.9. The number of hydrogen-bond donors (Lipinski definition) is 3. The fraction of sp³-hybridized carbons (Fsp3) is 0.333. The molecule has 1 heterocycles. The molecule has 2 aliphatic carbocycles. The molecule has 1 spiro atoms. The number of benzene rings is 1. The number of aromatic nitrogens is 1. The number of halogens is 3. The van der Waals surface area contributed by atoms with E-state index in [1.165, 1.54) is 12.4 Å². The minimum Gasteiger partial charge on any atom is -0.480 e. The second-order valence-corrected chi connectivity index (χ2v) is 10.4. The van der Waals surface area contributed by atoms with Crippen molar-refractivity contribution in [3.8, 4) is 0 Å². The van der Waals surface area contributed by atoms with Crippen LogP contribution in [-0.2, 0) is 16.0 Å². The number of anilines is 1. The number of rotatable bonds is 7. The zero-order chi connectivity index (χ0) is 24.5. The van der Waals surface area contributed by atoms with Crippen molar-refractivity contribution < 1.29 is 19.5 Å². The summed E-state index contributed by atoms with van der Waals surface area (Å²) in [6.07, 6.45) is 7.50. The Bertz CT molecular complexity index is 1160. The minimum absolute atomic E-state index is 0.132. The van der Waals surface area contributed by atoms with Crippen molar-refractivity contribution in [3.05, 3.63) is 67.1 Å². The van der Waals surface area contributed by atoms with E-state index in [1.54, 1.807) is 24.3 Å². The van der Waals surface area contributed by atoms with Gasteiger partial charge in [-0.1, -0.05) is 54.6 Å². The van der Waals surface area contributed by atoms with Crippen LogP contribution in [0.4, 0.5) is 5.69 Å². The summed E-state index contributed by atoms with van der Waals surface area (Å²) < 4.78 is 0.609. The van der Waals surface area contributed by atoms with E-state index >= 15 is 0 Å². The number of pyridine rings is 1. The first-order valence-electron chi connectivity index (χ1n) is 10.9. The van der Waals surface area contributed by atoms with Gasteiger partial charge in [0.15, 0.2) is 5.78 Å². The molecule has 1 fully saturated rings. The van der Waals surface area contributed by atoms with Crippen LogP contribution in [0.1, 0.15) is 48.0 Å². The van der Waals surface area contributed by atoms with Gasteiger partial charge in [-0.3, -0.25) is 14.6 Å². The van der Waals surface area contributed by atoms with Crippen LogP contribution >= 0.6 is 45.8 Å². The van der Waals surface area contributed by atoms with Crippen LogP contribution in [0.3, 0.4) is 0 Å². The number of carboxylic acids is 1. The molecule has 0 bridgehead atoms. The Kier molecular flexibility index (Phi) is 7.49. The molecule has 3 N–H and O–H groups in total. The largest absolute Gasteiger partial charge is 0.480 e. The van der Waals surface area contributed by atoms with Gasteiger partial charge in [-0.05, 0) is 53.1 Å². The number of nitrogens with zero attached hydrogens (tertiary/aromatic N) is 1.